The third kappa shape index (κ3) is 1.96. The lowest BCUT2D eigenvalue weighted by Crippen LogP contribution is -2.31. The molecule has 0 aromatic carbocycles. The van der Waals surface area contributed by atoms with Gasteiger partial charge in [-0.1, -0.05) is 6.92 Å². The lowest BCUT2D eigenvalue weighted by molar-refractivity contribution is -0.186. The smallest absolute Gasteiger partial charge is 0.157 e. The summed E-state index contributed by atoms with van der Waals surface area (Å²) in [4.78, 5) is 0. The van der Waals surface area contributed by atoms with E-state index in [0.717, 1.165) is 12.3 Å². The fourth-order valence-electron chi connectivity index (χ4n) is 1.51. The van der Waals surface area contributed by atoms with Gasteiger partial charge in [0.1, 0.15) is 0 Å². The summed E-state index contributed by atoms with van der Waals surface area (Å²) >= 11 is 0. The van der Waals surface area contributed by atoms with Crippen LogP contribution in [0, 0.1) is 5.92 Å². The zero-order valence-corrected chi connectivity index (χ0v) is 6.96. The summed E-state index contributed by atoms with van der Waals surface area (Å²) in [6, 6.07) is 0. The molecule has 0 radical (unpaired) electrons. The minimum atomic E-state index is 0.0405. The molecule has 10 heavy (non-hydrogen) atoms. The summed E-state index contributed by atoms with van der Waals surface area (Å²) in [7, 11) is 1.70. The monoisotopic (exact) mass is 144 g/mol. The van der Waals surface area contributed by atoms with E-state index in [9.17, 15) is 0 Å². The Morgan fingerprint density at radius 3 is 2.50 bits per heavy atom. The van der Waals surface area contributed by atoms with E-state index in [2.05, 4.69) is 13.8 Å². The molecule has 0 aliphatic carbocycles. The molecular weight excluding hydrogens is 128 g/mol. The highest BCUT2D eigenvalue weighted by Gasteiger charge is 2.23. The van der Waals surface area contributed by atoms with E-state index in [0.29, 0.717) is 6.10 Å². The predicted molar refractivity (Wildman–Crippen MR) is 39.7 cm³/mol. The van der Waals surface area contributed by atoms with Gasteiger partial charge in [-0.15, -0.1) is 0 Å². The Labute approximate surface area is 62.5 Å². The molecule has 0 aromatic heterocycles. The predicted octanol–water partition coefficient (Wildman–Crippen LogP) is 1.79. The second-order valence-electron chi connectivity index (χ2n) is 3.19. The Hall–Kier alpha value is -0.0800. The van der Waals surface area contributed by atoms with Crippen LogP contribution < -0.4 is 0 Å². The van der Waals surface area contributed by atoms with Crippen LogP contribution in [0.2, 0.25) is 0 Å². The average molecular weight is 144 g/mol. The van der Waals surface area contributed by atoms with Gasteiger partial charge in [0.2, 0.25) is 0 Å². The van der Waals surface area contributed by atoms with Crippen molar-refractivity contribution >= 4 is 0 Å². The first-order chi connectivity index (χ1) is 4.72. The van der Waals surface area contributed by atoms with E-state index in [1.165, 1.54) is 6.42 Å². The SMILES string of the molecule is CO[C@H]1C[C@H](C)C[C@H](C)O1. The Kier molecular flexibility index (Phi) is 2.69. The van der Waals surface area contributed by atoms with Crippen LogP contribution in [-0.2, 0) is 9.47 Å². The van der Waals surface area contributed by atoms with Crippen LogP contribution in [0.25, 0.3) is 0 Å². The van der Waals surface area contributed by atoms with Crippen molar-refractivity contribution in [2.24, 2.45) is 5.92 Å². The Bertz CT molecular complexity index is 93.4. The second-order valence-corrected chi connectivity index (χ2v) is 3.19. The van der Waals surface area contributed by atoms with Crippen molar-refractivity contribution in [1.29, 1.82) is 0 Å². The third-order valence-electron chi connectivity index (χ3n) is 1.98. The number of rotatable bonds is 1. The summed E-state index contributed by atoms with van der Waals surface area (Å²) in [5.41, 5.74) is 0. The van der Waals surface area contributed by atoms with Gasteiger partial charge in [0, 0.05) is 13.5 Å². The van der Waals surface area contributed by atoms with E-state index in [1.54, 1.807) is 7.11 Å². The van der Waals surface area contributed by atoms with Crippen molar-refractivity contribution in [2.45, 2.75) is 39.1 Å². The molecule has 1 rings (SSSR count). The zero-order chi connectivity index (χ0) is 7.56. The van der Waals surface area contributed by atoms with Crippen LogP contribution in [0.1, 0.15) is 26.7 Å². The fourth-order valence-corrected chi connectivity index (χ4v) is 1.51. The van der Waals surface area contributed by atoms with Gasteiger partial charge in [-0.05, 0) is 19.3 Å². The van der Waals surface area contributed by atoms with Gasteiger partial charge >= 0.3 is 0 Å². The van der Waals surface area contributed by atoms with Crippen LogP contribution in [0.4, 0.5) is 0 Å². The topological polar surface area (TPSA) is 18.5 Å². The quantitative estimate of drug-likeness (QED) is 0.558. The molecule has 0 N–H and O–H groups in total. The maximum Gasteiger partial charge on any atom is 0.157 e. The van der Waals surface area contributed by atoms with E-state index >= 15 is 0 Å². The summed E-state index contributed by atoms with van der Waals surface area (Å²) < 4.78 is 10.6. The van der Waals surface area contributed by atoms with Crippen molar-refractivity contribution in [2.75, 3.05) is 7.11 Å². The van der Waals surface area contributed by atoms with Crippen molar-refractivity contribution in [3.05, 3.63) is 0 Å². The highest BCUT2D eigenvalue weighted by molar-refractivity contribution is 4.67. The first kappa shape index (κ1) is 8.02. The lowest BCUT2D eigenvalue weighted by atomic mass is 9.98. The molecule has 1 aliphatic heterocycles. The summed E-state index contributed by atoms with van der Waals surface area (Å²) in [6.45, 7) is 4.34. The van der Waals surface area contributed by atoms with E-state index in [4.69, 9.17) is 9.47 Å². The van der Waals surface area contributed by atoms with Crippen molar-refractivity contribution < 1.29 is 9.47 Å². The van der Waals surface area contributed by atoms with Crippen LogP contribution in [0.15, 0.2) is 0 Å². The molecule has 0 bridgehead atoms. The number of hydrogen-bond acceptors (Lipinski definition) is 2. The molecule has 60 valence electrons. The second kappa shape index (κ2) is 3.35. The molecule has 3 atom stereocenters. The Morgan fingerprint density at radius 2 is 2.00 bits per heavy atom. The molecule has 1 aliphatic rings. The lowest BCUT2D eigenvalue weighted by Gasteiger charge is -2.30. The standard InChI is InChI=1S/C8H16O2/c1-6-4-7(2)10-8(5-6)9-3/h6-8H,4-5H2,1-3H3/t6-,7+,8-/m1/s1. The number of ether oxygens (including phenoxy) is 2. The first-order valence-electron chi connectivity index (χ1n) is 3.90. The van der Waals surface area contributed by atoms with Crippen LogP contribution >= 0.6 is 0 Å². The fraction of sp³-hybridized carbons (Fsp3) is 1.00. The van der Waals surface area contributed by atoms with Gasteiger partial charge in [0.15, 0.2) is 6.29 Å². The first-order valence-corrected chi connectivity index (χ1v) is 3.90. The maximum absolute atomic E-state index is 5.48. The molecule has 2 nitrogen and oxygen atoms in total. The highest BCUT2D eigenvalue weighted by Crippen LogP contribution is 2.24. The van der Waals surface area contributed by atoms with Crippen LogP contribution in [0.5, 0.6) is 0 Å². The third-order valence-corrected chi connectivity index (χ3v) is 1.98. The molecular formula is C8H16O2. The highest BCUT2D eigenvalue weighted by atomic mass is 16.7. The molecule has 1 saturated heterocycles. The number of methoxy groups -OCH3 is 1. The maximum atomic E-state index is 5.48. The largest absolute Gasteiger partial charge is 0.356 e. The van der Waals surface area contributed by atoms with Gasteiger partial charge in [-0.3, -0.25) is 0 Å². The molecule has 1 heterocycles. The minimum absolute atomic E-state index is 0.0405. The Morgan fingerprint density at radius 1 is 1.30 bits per heavy atom. The van der Waals surface area contributed by atoms with Gasteiger partial charge in [0.05, 0.1) is 6.10 Å². The van der Waals surface area contributed by atoms with Crippen LogP contribution in [0.3, 0.4) is 0 Å². The summed E-state index contributed by atoms with van der Waals surface area (Å²) in [6.07, 6.45) is 2.62. The average Bonchev–Trinajstić information content (AvgIpc) is 1.85. The molecule has 0 amide bonds. The Balaban J connectivity index is 2.35. The van der Waals surface area contributed by atoms with Gasteiger partial charge in [-0.25, -0.2) is 0 Å². The summed E-state index contributed by atoms with van der Waals surface area (Å²) in [5.74, 6) is 0.744. The van der Waals surface area contributed by atoms with Crippen molar-refractivity contribution in [3.8, 4) is 0 Å². The number of hydrogen-bond donors (Lipinski definition) is 0. The van der Waals surface area contributed by atoms with Crippen LogP contribution in [-0.4, -0.2) is 19.5 Å². The molecule has 0 saturated carbocycles. The zero-order valence-electron chi connectivity index (χ0n) is 6.96. The molecule has 0 unspecified atom stereocenters. The van der Waals surface area contributed by atoms with Gasteiger partial charge in [0.25, 0.3) is 0 Å². The molecule has 1 fully saturated rings. The van der Waals surface area contributed by atoms with E-state index < -0.39 is 0 Å². The van der Waals surface area contributed by atoms with E-state index in [1.807, 2.05) is 0 Å². The van der Waals surface area contributed by atoms with Gasteiger partial charge in [-0.2, -0.15) is 0 Å². The molecule has 0 spiro atoms. The van der Waals surface area contributed by atoms with Crippen molar-refractivity contribution in [3.63, 3.8) is 0 Å². The van der Waals surface area contributed by atoms with Gasteiger partial charge < -0.3 is 9.47 Å². The minimum Gasteiger partial charge on any atom is -0.356 e. The normalized spacial score (nSPS) is 41.7. The van der Waals surface area contributed by atoms with E-state index in [-0.39, 0.29) is 6.29 Å². The van der Waals surface area contributed by atoms with Crippen molar-refractivity contribution in [1.82, 2.24) is 0 Å². The molecule has 2 heteroatoms. The molecule has 0 aromatic rings. The summed E-state index contributed by atoms with van der Waals surface area (Å²) in [5, 5.41) is 0.